The molecule has 0 spiro atoms. The van der Waals surface area contributed by atoms with Crippen LogP contribution in [0.1, 0.15) is 53.6 Å². The predicted octanol–water partition coefficient (Wildman–Crippen LogP) is 4.18. The number of nitrogens with zero attached hydrogens (tertiary/aromatic N) is 2. The number of benzene rings is 2. The molecule has 1 aromatic heterocycles. The van der Waals surface area contributed by atoms with E-state index in [2.05, 4.69) is 5.32 Å². The summed E-state index contributed by atoms with van der Waals surface area (Å²) in [6, 6.07) is 13.5. The smallest absolute Gasteiger partial charge is 0.335 e. The lowest BCUT2D eigenvalue weighted by Crippen LogP contribution is -2.58. The van der Waals surface area contributed by atoms with E-state index < -0.39 is 23.8 Å². The molecule has 1 aliphatic heterocycles. The zero-order valence-electron chi connectivity index (χ0n) is 19.1. The van der Waals surface area contributed by atoms with E-state index in [0.717, 1.165) is 48.6 Å². The summed E-state index contributed by atoms with van der Waals surface area (Å²) in [6.07, 6.45) is 7.86. The number of nitrogens with one attached hydrogen (secondary N) is 1. The van der Waals surface area contributed by atoms with Gasteiger partial charge in [0.25, 0.3) is 11.8 Å². The molecule has 8 nitrogen and oxygen atoms in total. The summed E-state index contributed by atoms with van der Waals surface area (Å²) in [5, 5.41) is 12.5. The Morgan fingerprint density at radius 3 is 2.57 bits per heavy atom. The first kappa shape index (κ1) is 22.6. The van der Waals surface area contributed by atoms with Crippen LogP contribution in [0.5, 0.6) is 0 Å². The molecular formula is C27H25N3O5. The fraction of sp³-hybridized carbons (Fsp3) is 0.259. The van der Waals surface area contributed by atoms with Crippen LogP contribution in [0.3, 0.4) is 0 Å². The maximum absolute atomic E-state index is 13.3. The molecule has 8 heteroatoms. The lowest BCUT2D eigenvalue weighted by molar-refractivity contribution is -0.132. The summed E-state index contributed by atoms with van der Waals surface area (Å²) in [5.74, 6) is -2.25. The monoisotopic (exact) mass is 471 g/mol. The van der Waals surface area contributed by atoms with Crippen molar-refractivity contribution in [2.75, 3.05) is 0 Å². The van der Waals surface area contributed by atoms with Gasteiger partial charge in [0.2, 0.25) is 0 Å². The number of urea groups is 1. The minimum Gasteiger partial charge on any atom is -0.478 e. The summed E-state index contributed by atoms with van der Waals surface area (Å²) >= 11 is 0. The van der Waals surface area contributed by atoms with Crippen molar-refractivity contribution in [2.45, 2.75) is 44.7 Å². The maximum Gasteiger partial charge on any atom is 0.335 e. The van der Waals surface area contributed by atoms with Crippen molar-refractivity contribution in [3.63, 3.8) is 0 Å². The highest BCUT2D eigenvalue weighted by Crippen LogP contribution is 2.29. The Labute approximate surface area is 201 Å². The number of para-hydroxylation sites is 1. The molecule has 2 fully saturated rings. The van der Waals surface area contributed by atoms with Crippen molar-refractivity contribution in [1.82, 2.24) is 14.8 Å². The number of hydrogen-bond donors (Lipinski definition) is 2. The number of aromatic nitrogens is 1. The van der Waals surface area contributed by atoms with E-state index in [4.69, 9.17) is 0 Å². The normalized spacial score (nSPS) is 18.3. The standard InChI is InChI=1S/C27H25N3O5/c31-24-22(25(32)30(27(35)28-24)20-9-2-1-3-10-20)14-19-16-29(23-12-5-4-11-21(19)23)15-17-7-6-8-18(13-17)26(33)34/h4-8,11-14,16,20H,1-3,9-10,15H2,(H,33,34)(H,28,31,35). The summed E-state index contributed by atoms with van der Waals surface area (Å²) in [6.45, 7) is 0.414. The SMILES string of the molecule is O=C1NC(=O)N(C2CCCCC2)C(=O)C1=Cc1cn(Cc2cccc(C(=O)O)c2)c2ccccc12. The highest BCUT2D eigenvalue weighted by Gasteiger charge is 2.40. The predicted molar refractivity (Wildman–Crippen MR) is 130 cm³/mol. The van der Waals surface area contributed by atoms with Gasteiger partial charge in [0.05, 0.1) is 5.56 Å². The quantitative estimate of drug-likeness (QED) is 0.429. The van der Waals surface area contributed by atoms with Gasteiger partial charge >= 0.3 is 12.0 Å². The molecule has 35 heavy (non-hydrogen) atoms. The van der Waals surface area contributed by atoms with Gasteiger partial charge < -0.3 is 9.67 Å². The van der Waals surface area contributed by atoms with Crippen LogP contribution < -0.4 is 5.32 Å². The average molecular weight is 472 g/mol. The Hall–Kier alpha value is -4.20. The van der Waals surface area contributed by atoms with Crippen molar-refractivity contribution in [1.29, 1.82) is 0 Å². The van der Waals surface area contributed by atoms with Gasteiger partial charge in [-0.1, -0.05) is 49.6 Å². The summed E-state index contributed by atoms with van der Waals surface area (Å²) in [7, 11) is 0. The minimum absolute atomic E-state index is 0.0639. The molecule has 3 aromatic rings. The van der Waals surface area contributed by atoms with Crippen LogP contribution in [-0.4, -0.2) is 44.4 Å². The molecule has 2 heterocycles. The van der Waals surface area contributed by atoms with Crippen LogP contribution in [-0.2, 0) is 16.1 Å². The van der Waals surface area contributed by atoms with Crippen molar-refractivity contribution >= 4 is 40.8 Å². The van der Waals surface area contributed by atoms with E-state index >= 15 is 0 Å². The second-order valence-corrected chi connectivity index (χ2v) is 9.02. The number of rotatable bonds is 5. The Bertz CT molecular complexity index is 1380. The van der Waals surface area contributed by atoms with Crippen molar-refractivity contribution < 1.29 is 24.3 Å². The van der Waals surface area contributed by atoms with Crippen molar-refractivity contribution in [3.8, 4) is 0 Å². The zero-order valence-corrected chi connectivity index (χ0v) is 19.1. The van der Waals surface area contributed by atoms with Gasteiger partial charge in [-0.25, -0.2) is 9.59 Å². The third-order valence-corrected chi connectivity index (χ3v) is 6.72. The first-order chi connectivity index (χ1) is 16.9. The van der Waals surface area contributed by atoms with E-state index in [9.17, 15) is 24.3 Å². The molecule has 1 saturated heterocycles. The van der Waals surface area contributed by atoms with Crippen LogP contribution in [0.2, 0.25) is 0 Å². The number of aromatic carboxylic acids is 1. The van der Waals surface area contributed by atoms with Gasteiger partial charge in [0.1, 0.15) is 5.57 Å². The number of barbiturate groups is 1. The van der Waals surface area contributed by atoms with Gasteiger partial charge in [-0.15, -0.1) is 0 Å². The number of amides is 4. The molecule has 2 aromatic carbocycles. The lowest BCUT2D eigenvalue weighted by atomic mass is 9.93. The van der Waals surface area contributed by atoms with Crippen LogP contribution in [0.25, 0.3) is 17.0 Å². The third kappa shape index (κ3) is 4.35. The van der Waals surface area contributed by atoms with Gasteiger partial charge in [0.15, 0.2) is 0 Å². The molecule has 4 amide bonds. The molecule has 0 radical (unpaired) electrons. The molecule has 1 saturated carbocycles. The molecular weight excluding hydrogens is 446 g/mol. The first-order valence-electron chi connectivity index (χ1n) is 11.7. The Morgan fingerprint density at radius 1 is 1.03 bits per heavy atom. The molecule has 5 rings (SSSR count). The average Bonchev–Trinajstić information content (AvgIpc) is 3.19. The summed E-state index contributed by atoms with van der Waals surface area (Å²) in [5.41, 5.74) is 2.50. The van der Waals surface area contributed by atoms with Crippen molar-refractivity contribution in [2.24, 2.45) is 0 Å². The van der Waals surface area contributed by atoms with Crippen LogP contribution in [0.15, 0.2) is 60.3 Å². The molecule has 0 unspecified atom stereocenters. The van der Waals surface area contributed by atoms with Crippen LogP contribution in [0.4, 0.5) is 4.79 Å². The van der Waals surface area contributed by atoms with E-state index in [1.807, 2.05) is 41.1 Å². The van der Waals surface area contributed by atoms with Crippen molar-refractivity contribution in [3.05, 3.63) is 77.0 Å². The highest BCUT2D eigenvalue weighted by atomic mass is 16.4. The second kappa shape index (κ2) is 9.21. The molecule has 2 N–H and O–H groups in total. The van der Waals surface area contributed by atoms with Gasteiger partial charge in [-0.3, -0.25) is 19.8 Å². The van der Waals surface area contributed by atoms with E-state index in [-0.39, 0.29) is 17.2 Å². The van der Waals surface area contributed by atoms with E-state index in [1.54, 1.807) is 24.3 Å². The summed E-state index contributed by atoms with van der Waals surface area (Å²) in [4.78, 5) is 51.0. The first-order valence-corrected chi connectivity index (χ1v) is 11.7. The van der Waals surface area contributed by atoms with Crippen LogP contribution in [0, 0.1) is 0 Å². The number of imide groups is 2. The number of carboxylic acid groups (broad SMARTS) is 1. The minimum atomic E-state index is -0.992. The number of carbonyl (C=O) groups excluding carboxylic acids is 3. The topological polar surface area (TPSA) is 109 Å². The molecule has 0 atom stereocenters. The Balaban J connectivity index is 1.52. The summed E-state index contributed by atoms with van der Waals surface area (Å²) < 4.78 is 1.96. The molecule has 178 valence electrons. The second-order valence-electron chi connectivity index (χ2n) is 9.02. The molecule has 2 aliphatic rings. The fourth-order valence-electron chi connectivity index (χ4n) is 5.02. The van der Waals surface area contributed by atoms with Gasteiger partial charge in [-0.05, 0) is 42.7 Å². The zero-order chi connectivity index (χ0) is 24.5. The van der Waals surface area contributed by atoms with Gasteiger partial charge in [0, 0.05) is 35.2 Å². The number of fused-ring (bicyclic) bond motifs is 1. The Kier molecular flexibility index (Phi) is 5.94. The molecule has 0 bridgehead atoms. The number of carbonyl (C=O) groups is 4. The van der Waals surface area contributed by atoms with Crippen LogP contribution >= 0.6 is 0 Å². The molecule has 1 aliphatic carbocycles. The number of hydrogen-bond acceptors (Lipinski definition) is 4. The largest absolute Gasteiger partial charge is 0.478 e. The van der Waals surface area contributed by atoms with Gasteiger partial charge in [-0.2, -0.15) is 0 Å². The Morgan fingerprint density at radius 2 is 1.80 bits per heavy atom. The maximum atomic E-state index is 13.3. The lowest BCUT2D eigenvalue weighted by Gasteiger charge is -2.35. The third-order valence-electron chi connectivity index (χ3n) is 6.72. The number of carboxylic acids is 1. The highest BCUT2D eigenvalue weighted by molar-refractivity contribution is 6.31. The van der Waals surface area contributed by atoms with E-state index in [0.29, 0.717) is 12.1 Å². The van der Waals surface area contributed by atoms with E-state index in [1.165, 1.54) is 4.90 Å². The fourth-order valence-corrected chi connectivity index (χ4v) is 5.02.